The molecule has 0 aliphatic rings. The van der Waals surface area contributed by atoms with Gasteiger partial charge in [-0.25, -0.2) is 0 Å². The number of thioether (sulfide) groups is 1. The van der Waals surface area contributed by atoms with Gasteiger partial charge >= 0.3 is 0 Å². The van der Waals surface area contributed by atoms with Crippen LogP contribution < -0.4 is 5.32 Å². The van der Waals surface area contributed by atoms with Gasteiger partial charge in [0, 0.05) is 29.9 Å². The van der Waals surface area contributed by atoms with Crippen molar-refractivity contribution in [2.24, 2.45) is 5.92 Å². The molecule has 0 unspecified atom stereocenters. The average molecular weight is 371 g/mol. The van der Waals surface area contributed by atoms with Crippen molar-refractivity contribution >= 4 is 11.8 Å². The van der Waals surface area contributed by atoms with Gasteiger partial charge in [-0.15, -0.1) is 0 Å². The lowest BCUT2D eigenvalue weighted by Crippen LogP contribution is -2.31. The fraction of sp³-hybridized carbons (Fsp3) is 0.304. The first-order chi connectivity index (χ1) is 12.5. The number of rotatable bonds is 14. The lowest BCUT2D eigenvalue weighted by molar-refractivity contribution is 0.409. The zero-order valence-corrected chi connectivity index (χ0v) is 17.4. The maximum Gasteiger partial charge on any atom is 0.0505 e. The van der Waals surface area contributed by atoms with Crippen molar-refractivity contribution in [3.63, 3.8) is 0 Å². The first kappa shape index (κ1) is 24.0. The first-order valence-electron chi connectivity index (χ1n) is 8.87. The van der Waals surface area contributed by atoms with E-state index < -0.39 is 0 Å². The summed E-state index contributed by atoms with van der Waals surface area (Å²) in [5, 5.41) is 3.48. The summed E-state index contributed by atoms with van der Waals surface area (Å²) in [4.78, 5) is 4.42. The number of hydrogen-bond acceptors (Lipinski definition) is 3. The number of likely N-dealkylation sites (N-methyl/N-ethyl adjacent to an activating group) is 1. The molecule has 1 N–H and O–H groups in total. The summed E-state index contributed by atoms with van der Waals surface area (Å²) >= 11 is 1.67. The van der Waals surface area contributed by atoms with Crippen LogP contribution in [-0.4, -0.2) is 31.6 Å². The maximum absolute atomic E-state index is 3.87. The van der Waals surface area contributed by atoms with E-state index in [2.05, 4.69) is 57.4 Å². The Morgan fingerprint density at radius 1 is 1.00 bits per heavy atom. The molecule has 0 aliphatic heterocycles. The van der Waals surface area contributed by atoms with Gasteiger partial charge in [-0.05, 0) is 36.8 Å². The zero-order chi connectivity index (χ0) is 19.8. The Morgan fingerprint density at radius 3 is 2.19 bits per heavy atom. The third-order valence-electron chi connectivity index (χ3n) is 3.29. The highest BCUT2D eigenvalue weighted by Gasteiger charge is 2.11. The molecule has 0 rings (SSSR count). The van der Waals surface area contributed by atoms with E-state index in [1.807, 2.05) is 42.5 Å². The van der Waals surface area contributed by atoms with Crippen molar-refractivity contribution in [3.05, 3.63) is 96.5 Å². The SMILES string of the molecule is C=C/C=C\C(=C/C=C)SC(=C/C=C)/C(=C\C=C)N(C)CCNCC(C)C. The zero-order valence-electron chi connectivity index (χ0n) is 16.6. The number of nitrogens with zero attached hydrogens (tertiary/aromatic N) is 1. The summed E-state index contributed by atoms with van der Waals surface area (Å²) < 4.78 is 0. The minimum atomic E-state index is 0.651. The highest BCUT2D eigenvalue weighted by molar-refractivity contribution is 8.07. The van der Waals surface area contributed by atoms with E-state index >= 15 is 0 Å². The minimum Gasteiger partial charge on any atom is -0.372 e. The molecule has 0 bridgehead atoms. The lowest BCUT2D eigenvalue weighted by atomic mass is 10.2. The Hall–Kier alpha value is -1.97. The van der Waals surface area contributed by atoms with E-state index in [9.17, 15) is 0 Å². The molecular formula is C23H34N2S. The molecule has 3 heteroatoms. The second-order valence-electron chi connectivity index (χ2n) is 6.08. The molecule has 0 atom stereocenters. The third-order valence-corrected chi connectivity index (χ3v) is 4.36. The molecule has 0 aromatic carbocycles. The van der Waals surface area contributed by atoms with Crippen LogP contribution in [-0.2, 0) is 0 Å². The van der Waals surface area contributed by atoms with E-state index in [1.165, 1.54) is 0 Å². The summed E-state index contributed by atoms with van der Waals surface area (Å²) in [5.41, 5.74) is 1.11. The van der Waals surface area contributed by atoms with E-state index in [1.54, 1.807) is 23.9 Å². The molecule has 2 nitrogen and oxygen atoms in total. The van der Waals surface area contributed by atoms with Gasteiger partial charge in [0.1, 0.15) is 0 Å². The van der Waals surface area contributed by atoms with E-state index in [4.69, 9.17) is 0 Å². The lowest BCUT2D eigenvalue weighted by Gasteiger charge is -2.25. The molecule has 26 heavy (non-hydrogen) atoms. The molecule has 0 radical (unpaired) electrons. The molecule has 0 amide bonds. The summed E-state index contributed by atoms with van der Waals surface area (Å²) in [6.07, 6.45) is 17.2. The van der Waals surface area contributed by atoms with Crippen molar-refractivity contribution in [1.82, 2.24) is 10.2 Å². The molecule has 0 saturated heterocycles. The Morgan fingerprint density at radius 2 is 1.65 bits per heavy atom. The second kappa shape index (κ2) is 15.3. The van der Waals surface area contributed by atoms with E-state index in [-0.39, 0.29) is 0 Å². The molecule has 142 valence electrons. The van der Waals surface area contributed by atoms with E-state index in [0.29, 0.717) is 5.92 Å². The highest BCUT2D eigenvalue weighted by atomic mass is 32.2. The van der Waals surface area contributed by atoms with E-state index in [0.717, 1.165) is 35.1 Å². The molecule has 0 aromatic rings. The van der Waals surface area contributed by atoms with Crippen LogP contribution in [0.2, 0.25) is 0 Å². The van der Waals surface area contributed by atoms with Crippen LogP contribution in [0, 0.1) is 5.92 Å². The van der Waals surface area contributed by atoms with Crippen LogP contribution in [0.1, 0.15) is 13.8 Å². The Balaban J connectivity index is 5.33. The summed E-state index contributed by atoms with van der Waals surface area (Å²) in [5.74, 6) is 0.651. The fourth-order valence-electron chi connectivity index (χ4n) is 2.08. The van der Waals surface area contributed by atoms with Gasteiger partial charge < -0.3 is 10.2 Å². The van der Waals surface area contributed by atoms with Crippen molar-refractivity contribution in [1.29, 1.82) is 0 Å². The van der Waals surface area contributed by atoms with Gasteiger partial charge in [-0.1, -0.05) is 82.3 Å². The molecule has 0 heterocycles. The summed E-state index contributed by atoms with van der Waals surface area (Å²) in [6.45, 7) is 22.6. The Kier molecular flexibility index (Phi) is 14.1. The van der Waals surface area contributed by atoms with Crippen molar-refractivity contribution < 1.29 is 0 Å². The quantitative estimate of drug-likeness (QED) is 0.305. The summed E-state index contributed by atoms with van der Waals surface area (Å²) in [6, 6.07) is 0. The number of hydrogen-bond donors (Lipinski definition) is 1. The Bertz CT molecular complexity index is 577. The van der Waals surface area contributed by atoms with Gasteiger partial charge in [-0.3, -0.25) is 0 Å². The highest BCUT2D eigenvalue weighted by Crippen LogP contribution is 2.33. The van der Waals surface area contributed by atoms with Crippen LogP contribution in [0.25, 0.3) is 0 Å². The monoisotopic (exact) mass is 370 g/mol. The predicted octanol–water partition coefficient (Wildman–Crippen LogP) is 5.85. The van der Waals surface area contributed by atoms with Gasteiger partial charge in [0.05, 0.1) is 5.70 Å². The molecule has 0 aliphatic carbocycles. The van der Waals surface area contributed by atoms with Crippen molar-refractivity contribution in [3.8, 4) is 0 Å². The van der Waals surface area contributed by atoms with Gasteiger partial charge in [0.25, 0.3) is 0 Å². The largest absolute Gasteiger partial charge is 0.372 e. The summed E-state index contributed by atoms with van der Waals surface area (Å²) in [7, 11) is 2.10. The second-order valence-corrected chi connectivity index (χ2v) is 7.19. The van der Waals surface area contributed by atoms with Gasteiger partial charge in [0.15, 0.2) is 0 Å². The predicted molar refractivity (Wildman–Crippen MR) is 122 cm³/mol. The standard InChI is InChI=1S/C23H34N2S/c1-8-12-16-21(13-9-2)26-23(15-11-4)22(14-10-3)25(7)18-17-24-19-20(5)6/h8-16,20,24H,1-4,17-19H2,5-7H3/b16-12-,21-13+,22-14+,23-15+. The first-order valence-corrected chi connectivity index (χ1v) is 9.69. The smallest absolute Gasteiger partial charge is 0.0505 e. The van der Waals surface area contributed by atoms with Crippen molar-refractivity contribution in [2.75, 3.05) is 26.7 Å². The molecule has 0 aromatic heterocycles. The van der Waals surface area contributed by atoms with Crippen molar-refractivity contribution in [2.45, 2.75) is 13.8 Å². The molecule has 0 spiro atoms. The topological polar surface area (TPSA) is 15.3 Å². The molecule has 0 fully saturated rings. The van der Waals surface area contributed by atoms with Crippen LogP contribution in [0.5, 0.6) is 0 Å². The fourth-order valence-corrected chi connectivity index (χ4v) is 3.13. The van der Waals surface area contributed by atoms with Crippen LogP contribution in [0.4, 0.5) is 0 Å². The Labute approximate surface area is 165 Å². The molecular weight excluding hydrogens is 336 g/mol. The molecule has 0 saturated carbocycles. The number of allylic oxidation sites excluding steroid dienone is 9. The average Bonchev–Trinajstić information content (AvgIpc) is 2.60. The van der Waals surface area contributed by atoms with Gasteiger partial charge in [-0.2, -0.15) is 0 Å². The third kappa shape index (κ3) is 10.8. The normalized spacial score (nSPS) is 13.2. The maximum atomic E-state index is 3.87. The van der Waals surface area contributed by atoms with Crippen LogP contribution >= 0.6 is 11.8 Å². The van der Waals surface area contributed by atoms with Crippen LogP contribution in [0.15, 0.2) is 96.5 Å². The van der Waals surface area contributed by atoms with Gasteiger partial charge in [0.2, 0.25) is 0 Å². The van der Waals surface area contributed by atoms with Crippen LogP contribution in [0.3, 0.4) is 0 Å². The minimum absolute atomic E-state index is 0.651. The number of nitrogens with one attached hydrogen (secondary N) is 1.